The van der Waals surface area contributed by atoms with Crippen LogP contribution in [0.3, 0.4) is 0 Å². The standard InChI is InChI=1S/C14H10Br2N2OS/c15-9-4-5-12(16)11(7-9)14(19)18-10-3-1-2-8(6-10)13(17)20/h1-7H,(H2,17,20)(H,18,19). The van der Waals surface area contributed by atoms with Crippen LogP contribution in [0.5, 0.6) is 0 Å². The molecule has 0 aliphatic heterocycles. The normalized spacial score (nSPS) is 10.1. The van der Waals surface area contributed by atoms with Gasteiger partial charge in [0, 0.05) is 20.2 Å². The molecule has 0 spiro atoms. The van der Waals surface area contributed by atoms with Crippen molar-refractivity contribution < 1.29 is 4.79 Å². The second kappa shape index (κ2) is 6.47. The van der Waals surface area contributed by atoms with Gasteiger partial charge in [-0.2, -0.15) is 0 Å². The molecule has 0 bridgehead atoms. The summed E-state index contributed by atoms with van der Waals surface area (Å²) in [5.41, 5.74) is 7.47. The maximum absolute atomic E-state index is 12.2. The first-order valence-electron chi connectivity index (χ1n) is 5.63. The number of thiocarbonyl (C=S) groups is 1. The van der Waals surface area contributed by atoms with Crippen molar-refractivity contribution >= 4 is 60.7 Å². The van der Waals surface area contributed by atoms with Crippen LogP contribution in [0.1, 0.15) is 15.9 Å². The fraction of sp³-hybridized carbons (Fsp3) is 0. The molecule has 0 unspecified atom stereocenters. The average molecular weight is 414 g/mol. The van der Waals surface area contributed by atoms with Gasteiger partial charge in [-0.15, -0.1) is 0 Å². The summed E-state index contributed by atoms with van der Waals surface area (Å²) in [6.45, 7) is 0. The van der Waals surface area contributed by atoms with E-state index in [1.165, 1.54) is 0 Å². The van der Waals surface area contributed by atoms with Gasteiger partial charge >= 0.3 is 0 Å². The fourth-order valence-electron chi connectivity index (χ4n) is 1.62. The molecule has 3 nitrogen and oxygen atoms in total. The molecule has 0 radical (unpaired) electrons. The van der Waals surface area contributed by atoms with E-state index in [-0.39, 0.29) is 5.91 Å². The molecule has 0 saturated heterocycles. The molecule has 0 aliphatic rings. The van der Waals surface area contributed by atoms with Gasteiger partial charge in [-0.1, -0.05) is 40.3 Å². The van der Waals surface area contributed by atoms with E-state index in [1.54, 1.807) is 30.3 Å². The molecule has 102 valence electrons. The molecule has 0 fully saturated rings. The van der Waals surface area contributed by atoms with Crippen LogP contribution in [0.4, 0.5) is 5.69 Å². The van der Waals surface area contributed by atoms with E-state index in [2.05, 4.69) is 37.2 Å². The number of anilines is 1. The van der Waals surface area contributed by atoms with E-state index in [0.29, 0.717) is 21.8 Å². The number of carbonyl (C=O) groups is 1. The number of benzene rings is 2. The number of hydrogen-bond donors (Lipinski definition) is 2. The highest BCUT2D eigenvalue weighted by atomic mass is 79.9. The van der Waals surface area contributed by atoms with Gasteiger partial charge in [-0.05, 0) is 46.3 Å². The third kappa shape index (κ3) is 3.65. The second-order valence-electron chi connectivity index (χ2n) is 4.02. The third-order valence-electron chi connectivity index (χ3n) is 2.58. The summed E-state index contributed by atoms with van der Waals surface area (Å²) in [6, 6.07) is 12.5. The Morgan fingerprint density at radius 2 is 1.90 bits per heavy atom. The van der Waals surface area contributed by atoms with Crippen LogP contribution in [0, 0.1) is 0 Å². The van der Waals surface area contributed by atoms with Gasteiger partial charge in [0.05, 0.1) is 5.56 Å². The van der Waals surface area contributed by atoms with Crippen molar-refractivity contribution in [1.29, 1.82) is 0 Å². The lowest BCUT2D eigenvalue weighted by molar-refractivity contribution is 0.102. The minimum Gasteiger partial charge on any atom is -0.389 e. The number of hydrogen-bond acceptors (Lipinski definition) is 2. The molecule has 0 heterocycles. The molecule has 6 heteroatoms. The highest BCUT2D eigenvalue weighted by molar-refractivity contribution is 9.11. The third-order valence-corrected chi connectivity index (χ3v) is 4.00. The quantitative estimate of drug-likeness (QED) is 0.744. The molecule has 2 rings (SSSR count). The Bertz CT molecular complexity index is 689. The molecule has 1 amide bonds. The summed E-state index contributed by atoms with van der Waals surface area (Å²) in [6.07, 6.45) is 0. The smallest absolute Gasteiger partial charge is 0.256 e. The van der Waals surface area contributed by atoms with Gasteiger partial charge < -0.3 is 11.1 Å². The number of nitrogens with two attached hydrogens (primary N) is 1. The summed E-state index contributed by atoms with van der Waals surface area (Å²) in [5.74, 6) is -0.210. The van der Waals surface area contributed by atoms with Crippen LogP contribution in [-0.2, 0) is 0 Å². The summed E-state index contributed by atoms with van der Waals surface area (Å²) in [7, 11) is 0. The second-order valence-corrected chi connectivity index (χ2v) is 6.23. The summed E-state index contributed by atoms with van der Waals surface area (Å²) >= 11 is 11.6. The van der Waals surface area contributed by atoms with E-state index in [9.17, 15) is 4.79 Å². The summed E-state index contributed by atoms with van der Waals surface area (Å²) in [4.78, 5) is 12.5. The van der Waals surface area contributed by atoms with Gasteiger partial charge in [0.2, 0.25) is 0 Å². The van der Waals surface area contributed by atoms with Crippen molar-refractivity contribution in [2.75, 3.05) is 5.32 Å². The lowest BCUT2D eigenvalue weighted by Gasteiger charge is -2.08. The van der Waals surface area contributed by atoms with E-state index < -0.39 is 0 Å². The Hall–Kier alpha value is -1.24. The zero-order valence-electron chi connectivity index (χ0n) is 10.2. The number of rotatable bonds is 3. The number of carbonyl (C=O) groups excluding carboxylic acids is 1. The molecule has 3 N–H and O–H groups in total. The van der Waals surface area contributed by atoms with E-state index in [4.69, 9.17) is 18.0 Å². The molecule has 2 aromatic carbocycles. The highest BCUT2D eigenvalue weighted by Crippen LogP contribution is 2.23. The Morgan fingerprint density at radius 3 is 2.60 bits per heavy atom. The predicted molar refractivity (Wildman–Crippen MR) is 92.1 cm³/mol. The van der Waals surface area contributed by atoms with E-state index in [1.807, 2.05) is 12.1 Å². The first-order chi connectivity index (χ1) is 9.47. The minimum atomic E-state index is -0.210. The molecule has 0 aromatic heterocycles. The Kier molecular flexibility index (Phi) is 4.91. The van der Waals surface area contributed by atoms with Gasteiger partial charge in [-0.3, -0.25) is 4.79 Å². The first kappa shape index (κ1) is 15.2. The van der Waals surface area contributed by atoms with Crippen molar-refractivity contribution in [3.8, 4) is 0 Å². The molecular formula is C14H10Br2N2OS. The van der Waals surface area contributed by atoms with Crippen molar-refractivity contribution in [2.45, 2.75) is 0 Å². The van der Waals surface area contributed by atoms with Gasteiger partial charge in [-0.25, -0.2) is 0 Å². The van der Waals surface area contributed by atoms with Gasteiger partial charge in [0.1, 0.15) is 4.99 Å². The van der Waals surface area contributed by atoms with Crippen LogP contribution in [0.15, 0.2) is 51.4 Å². The Balaban J connectivity index is 2.25. The first-order valence-corrected chi connectivity index (χ1v) is 7.63. The fourth-order valence-corrected chi connectivity index (χ4v) is 2.53. The monoisotopic (exact) mass is 412 g/mol. The topological polar surface area (TPSA) is 55.1 Å². The van der Waals surface area contributed by atoms with Crippen LogP contribution in [0.2, 0.25) is 0 Å². The molecule has 2 aromatic rings. The molecule has 0 atom stereocenters. The van der Waals surface area contributed by atoms with Crippen molar-refractivity contribution in [1.82, 2.24) is 0 Å². The zero-order valence-corrected chi connectivity index (χ0v) is 14.2. The van der Waals surface area contributed by atoms with E-state index >= 15 is 0 Å². The molecule has 20 heavy (non-hydrogen) atoms. The zero-order chi connectivity index (χ0) is 14.7. The maximum atomic E-state index is 12.2. The molecule has 0 aliphatic carbocycles. The lowest BCUT2D eigenvalue weighted by Crippen LogP contribution is -2.14. The van der Waals surface area contributed by atoms with E-state index in [0.717, 1.165) is 8.95 Å². The van der Waals surface area contributed by atoms with Crippen LogP contribution < -0.4 is 11.1 Å². The molecule has 0 saturated carbocycles. The highest BCUT2D eigenvalue weighted by Gasteiger charge is 2.11. The SMILES string of the molecule is NC(=S)c1cccc(NC(=O)c2cc(Br)ccc2Br)c1. The Morgan fingerprint density at radius 1 is 1.15 bits per heavy atom. The summed E-state index contributed by atoms with van der Waals surface area (Å²) < 4.78 is 1.56. The molecular weight excluding hydrogens is 404 g/mol. The van der Waals surface area contributed by atoms with Crippen LogP contribution in [-0.4, -0.2) is 10.9 Å². The largest absolute Gasteiger partial charge is 0.389 e. The van der Waals surface area contributed by atoms with Gasteiger partial charge in [0.25, 0.3) is 5.91 Å². The number of halogens is 2. The lowest BCUT2D eigenvalue weighted by atomic mass is 10.1. The van der Waals surface area contributed by atoms with Crippen molar-refractivity contribution in [2.24, 2.45) is 5.73 Å². The van der Waals surface area contributed by atoms with Crippen molar-refractivity contribution in [3.05, 3.63) is 62.5 Å². The minimum absolute atomic E-state index is 0.210. The number of nitrogens with one attached hydrogen (secondary N) is 1. The van der Waals surface area contributed by atoms with Gasteiger partial charge in [0.15, 0.2) is 0 Å². The summed E-state index contributed by atoms with van der Waals surface area (Å²) in [5, 5.41) is 2.82. The average Bonchev–Trinajstić information content (AvgIpc) is 2.41. The van der Waals surface area contributed by atoms with Crippen LogP contribution >= 0.6 is 44.1 Å². The van der Waals surface area contributed by atoms with Crippen molar-refractivity contribution in [3.63, 3.8) is 0 Å². The Labute approximate surface area is 138 Å². The number of amides is 1. The predicted octanol–water partition coefficient (Wildman–Crippen LogP) is 4.10. The van der Waals surface area contributed by atoms with Crippen LogP contribution in [0.25, 0.3) is 0 Å². The maximum Gasteiger partial charge on any atom is 0.256 e.